The van der Waals surface area contributed by atoms with Gasteiger partial charge in [0.1, 0.15) is 0 Å². The maximum atomic E-state index is 6.50. The number of likely N-dealkylation sites (tertiary alicyclic amines) is 1. The van der Waals surface area contributed by atoms with Crippen molar-refractivity contribution in [3.05, 3.63) is 35.9 Å². The van der Waals surface area contributed by atoms with Crippen molar-refractivity contribution >= 4 is 0 Å². The molecule has 0 amide bonds. The van der Waals surface area contributed by atoms with Crippen LogP contribution in [0.4, 0.5) is 0 Å². The molecule has 0 spiro atoms. The first-order valence-corrected chi connectivity index (χ1v) is 6.56. The number of hydrogen-bond donors (Lipinski definition) is 1. The van der Waals surface area contributed by atoms with E-state index in [0.29, 0.717) is 0 Å². The van der Waals surface area contributed by atoms with Crippen molar-refractivity contribution in [2.45, 2.75) is 38.3 Å². The molecule has 2 N–H and O–H groups in total. The standard InChI is InChI=1S/C15H24N2/c1-12-9-10-15(2,17(3)11-12)14(16)13-7-5-4-6-8-13/h4-8,12,14H,9-11,16H2,1-3H3. The van der Waals surface area contributed by atoms with E-state index < -0.39 is 0 Å². The minimum atomic E-state index is 0.0911. The third-order valence-electron chi connectivity index (χ3n) is 4.43. The summed E-state index contributed by atoms with van der Waals surface area (Å²) in [4.78, 5) is 2.44. The van der Waals surface area contributed by atoms with Crippen molar-refractivity contribution in [3.63, 3.8) is 0 Å². The monoisotopic (exact) mass is 232 g/mol. The Morgan fingerprint density at radius 3 is 2.59 bits per heavy atom. The second-order valence-corrected chi connectivity index (χ2v) is 5.77. The van der Waals surface area contributed by atoms with Crippen molar-refractivity contribution in [1.82, 2.24) is 4.90 Å². The normalized spacial score (nSPS) is 32.4. The Morgan fingerprint density at radius 2 is 2.00 bits per heavy atom. The molecule has 3 unspecified atom stereocenters. The van der Waals surface area contributed by atoms with Crippen LogP contribution in [0.25, 0.3) is 0 Å². The molecule has 2 rings (SSSR count). The van der Waals surface area contributed by atoms with E-state index in [0.717, 1.165) is 12.5 Å². The number of nitrogens with two attached hydrogens (primary N) is 1. The molecular formula is C15H24N2. The van der Waals surface area contributed by atoms with Gasteiger partial charge in [0.15, 0.2) is 0 Å². The number of piperidine rings is 1. The quantitative estimate of drug-likeness (QED) is 0.849. The van der Waals surface area contributed by atoms with Crippen molar-refractivity contribution in [1.29, 1.82) is 0 Å². The Kier molecular flexibility index (Phi) is 3.55. The second kappa shape index (κ2) is 4.79. The summed E-state index contributed by atoms with van der Waals surface area (Å²) in [6.45, 7) is 5.78. The second-order valence-electron chi connectivity index (χ2n) is 5.77. The number of likely N-dealkylation sites (N-methyl/N-ethyl adjacent to an activating group) is 1. The summed E-state index contributed by atoms with van der Waals surface area (Å²) in [5.41, 5.74) is 7.84. The van der Waals surface area contributed by atoms with Gasteiger partial charge in [0, 0.05) is 18.1 Å². The lowest BCUT2D eigenvalue weighted by Gasteiger charge is -2.48. The molecule has 0 radical (unpaired) electrons. The van der Waals surface area contributed by atoms with Gasteiger partial charge in [0.05, 0.1) is 0 Å². The maximum Gasteiger partial charge on any atom is 0.0479 e. The van der Waals surface area contributed by atoms with Gasteiger partial charge in [0.25, 0.3) is 0 Å². The minimum Gasteiger partial charge on any atom is -0.322 e. The molecule has 1 fully saturated rings. The van der Waals surface area contributed by atoms with E-state index in [1.807, 2.05) is 6.07 Å². The summed E-state index contributed by atoms with van der Waals surface area (Å²) in [5, 5.41) is 0. The van der Waals surface area contributed by atoms with E-state index in [1.54, 1.807) is 0 Å². The van der Waals surface area contributed by atoms with Gasteiger partial charge in [-0.05, 0) is 38.3 Å². The van der Waals surface area contributed by atoms with Crippen LogP contribution >= 0.6 is 0 Å². The summed E-state index contributed by atoms with van der Waals surface area (Å²) in [7, 11) is 2.21. The van der Waals surface area contributed by atoms with Gasteiger partial charge < -0.3 is 5.73 Å². The Balaban J connectivity index is 2.21. The van der Waals surface area contributed by atoms with Crippen LogP contribution in [0.15, 0.2) is 30.3 Å². The van der Waals surface area contributed by atoms with Gasteiger partial charge in [-0.2, -0.15) is 0 Å². The van der Waals surface area contributed by atoms with Gasteiger partial charge in [-0.25, -0.2) is 0 Å². The van der Waals surface area contributed by atoms with Gasteiger partial charge in [-0.3, -0.25) is 4.90 Å². The molecule has 0 aromatic heterocycles. The van der Waals surface area contributed by atoms with Crippen LogP contribution in [0.5, 0.6) is 0 Å². The first kappa shape index (κ1) is 12.6. The van der Waals surface area contributed by atoms with Crippen LogP contribution in [-0.4, -0.2) is 24.0 Å². The summed E-state index contributed by atoms with van der Waals surface area (Å²) < 4.78 is 0. The van der Waals surface area contributed by atoms with Crippen molar-refractivity contribution in [2.75, 3.05) is 13.6 Å². The highest BCUT2D eigenvalue weighted by molar-refractivity contribution is 5.22. The molecule has 1 heterocycles. The molecule has 17 heavy (non-hydrogen) atoms. The molecule has 0 bridgehead atoms. The van der Waals surface area contributed by atoms with Crippen molar-refractivity contribution < 1.29 is 0 Å². The molecule has 0 aliphatic carbocycles. The molecule has 1 aliphatic heterocycles. The van der Waals surface area contributed by atoms with Crippen LogP contribution in [0.2, 0.25) is 0 Å². The smallest absolute Gasteiger partial charge is 0.0479 e. The first-order valence-electron chi connectivity index (χ1n) is 6.56. The summed E-state index contributed by atoms with van der Waals surface area (Å²) in [6, 6.07) is 10.6. The molecule has 1 saturated heterocycles. The van der Waals surface area contributed by atoms with Gasteiger partial charge in [-0.15, -0.1) is 0 Å². The van der Waals surface area contributed by atoms with Gasteiger partial charge in [0.2, 0.25) is 0 Å². The van der Waals surface area contributed by atoms with Crippen LogP contribution < -0.4 is 5.73 Å². The summed E-state index contributed by atoms with van der Waals surface area (Å²) in [5.74, 6) is 0.788. The fraction of sp³-hybridized carbons (Fsp3) is 0.600. The molecular weight excluding hydrogens is 208 g/mol. The SMILES string of the molecule is CC1CCC(C)(C(N)c2ccccc2)N(C)C1. The molecule has 1 aliphatic rings. The maximum absolute atomic E-state index is 6.50. The first-order chi connectivity index (χ1) is 8.04. The number of hydrogen-bond acceptors (Lipinski definition) is 2. The molecule has 1 aromatic carbocycles. The fourth-order valence-electron chi connectivity index (χ4n) is 2.91. The fourth-order valence-corrected chi connectivity index (χ4v) is 2.91. The average Bonchev–Trinajstić information content (AvgIpc) is 2.34. The molecule has 1 aromatic rings. The molecule has 2 nitrogen and oxygen atoms in total. The van der Waals surface area contributed by atoms with E-state index >= 15 is 0 Å². The zero-order chi connectivity index (χ0) is 12.5. The van der Waals surface area contributed by atoms with Crippen molar-refractivity contribution in [3.8, 4) is 0 Å². The Morgan fingerprint density at radius 1 is 1.35 bits per heavy atom. The van der Waals surface area contributed by atoms with E-state index in [9.17, 15) is 0 Å². The zero-order valence-corrected chi connectivity index (χ0v) is 11.2. The highest BCUT2D eigenvalue weighted by atomic mass is 15.2. The Labute approximate surface area is 105 Å². The molecule has 2 heteroatoms. The summed E-state index contributed by atoms with van der Waals surface area (Å²) in [6.07, 6.45) is 2.46. The van der Waals surface area contributed by atoms with Crippen LogP contribution in [0.3, 0.4) is 0 Å². The number of benzene rings is 1. The predicted molar refractivity (Wildman–Crippen MR) is 72.8 cm³/mol. The zero-order valence-electron chi connectivity index (χ0n) is 11.2. The topological polar surface area (TPSA) is 29.3 Å². The van der Waals surface area contributed by atoms with Crippen molar-refractivity contribution in [2.24, 2.45) is 11.7 Å². The lowest BCUT2D eigenvalue weighted by Crippen LogP contribution is -2.55. The molecule has 3 atom stereocenters. The Bertz CT molecular complexity index is 362. The van der Waals surface area contributed by atoms with Gasteiger partial charge in [-0.1, -0.05) is 37.3 Å². The Hall–Kier alpha value is -0.860. The van der Waals surface area contributed by atoms with E-state index in [2.05, 4.69) is 50.1 Å². The summed E-state index contributed by atoms with van der Waals surface area (Å²) >= 11 is 0. The average molecular weight is 232 g/mol. The van der Waals surface area contributed by atoms with E-state index in [4.69, 9.17) is 5.73 Å². The predicted octanol–water partition coefficient (Wildman–Crippen LogP) is 2.81. The number of rotatable bonds is 2. The molecule has 94 valence electrons. The third kappa shape index (κ3) is 2.38. The minimum absolute atomic E-state index is 0.0911. The van der Waals surface area contributed by atoms with E-state index in [1.165, 1.54) is 18.4 Å². The van der Waals surface area contributed by atoms with Gasteiger partial charge >= 0.3 is 0 Å². The van der Waals surface area contributed by atoms with Crippen LogP contribution in [0.1, 0.15) is 38.3 Å². The van der Waals surface area contributed by atoms with Crippen LogP contribution in [0, 0.1) is 5.92 Å². The van der Waals surface area contributed by atoms with E-state index in [-0.39, 0.29) is 11.6 Å². The highest BCUT2D eigenvalue weighted by Crippen LogP contribution is 2.37. The lowest BCUT2D eigenvalue weighted by atomic mass is 9.77. The molecule has 0 saturated carbocycles. The largest absolute Gasteiger partial charge is 0.322 e. The highest BCUT2D eigenvalue weighted by Gasteiger charge is 2.39. The number of nitrogens with zero attached hydrogens (tertiary/aromatic N) is 1. The van der Waals surface area contributed by atoms with Crippen LogP contribution in [-0.2, 0) is 0 Å². The lowest BCUT2D eigenvalue weighted by molar-refractivity contribution is 0.0401. The third-order valence-corrected chi connectivity index (χ3v) is 4.43.